The summed E-state index contributed by atoms with van der Waals surface area (Å²) in [6, 6.07) is 2.38. The van der Waals surface area contributed by atoms with Crippen molar-refractivity contribution < 1.29 is 0 Å². The van der Waals surface area contributed by atoms with Crippen LogP contribution in [0.15, 0.2) is 18.5 Å². The molecule has 1 unspecified atom stereocenters. The average molecular weight is 245 g/mol. The second-order valence-electron chi connectivity index (χ2n) is 4.86. The van der Waals surface area contributed by atoms with Crippen LogP contribution < -0.4 is 5.32 Å². The maximum atomic E-state index is 4.73. The number of aromatic nitrogens is 3. The largest absolute Gasteiger partial charge is 0.330 e. The van der Waals surface area contributed by atoms with Crippen LogP contribution >= 0.6 is 0 Å². The van der Waals surface area contributed by atoms with E-state index in [2.05, 4.69) is 33.7 Å². The van der Waals surface area contributed by atoms with Gasteiger partial charge in [0.25, 0.3) is 0 Å². The number of hydrogen-bond donors (Lipinski definition) is 1. The summed E-state index contributed by atoms with van der Waals surface area (Å²) in [7, 11) is 2.09. The van der Waals surface area contributed by atoms with E-state index < -0.39 is 0 Å². The average Bonchev–Trinajstić information content (AvgIpc) is 2.77. The Bertz CT molecular complexity index is 541. The summed E-state index contributed by atoms with van der Waals surface area (Å²) in [5, 5.41) is 3.38. The van der Waals surface area contributed by atoms with Gasteiger partial charge in [-0.3, -0.25) is 9.88 Å². The fourth-order valence-electron chi connectivity index (χ4n) is 2.68. The van der Waals surface area contributed by atoms with Crippen LogP contribution in [0.5, 0.6) is 0 Å². The number of piperazine rings is 1. The molecule has 0 saturated carbocycles. The third kappa shape index (κ3) is 1.89. The molecule has 1 fully saturated rings. The molecule has 3 heterocycles. The van der Waals surface area contributed by atoms with Gasteiger partial charge < -0.3 is 9.88 Å². The van der Waals surface area contributed by atoms with Gasteiger partial charge in [-0.1, -0.05) is 0 Å². The molecular formula is C13H19N5. The number of nitrogens with zero attached hydrogens (tertiary/aromatic N) is 4. The van der Waals surface area contributed by atoms with E-state index in [0.29, 0.717) is 6.04 Å². The number of pyridine rings is 1. The summed E-state index contributed by atoms with van der Waals surface area (Å²) in [6.45, 7) is 6.54. The third-order valence-electron chi connectivity index (χ3n) is 3.79. The quantitative estimate of drug-likeness (QED) is 0.855. The minimum absolute atomic E-state index is 0.351. The summed E-state index contributed by atoms with van der Waals surface area (Å²) in [5.41, 5.74) is 2.14. The Kier molecular flexibility index (Phi) is 3.01. The second-order valence-corrected chi connectivity index (χ2v) is 4.86. The molecule has 1 aliphatic heterocycles. The predicted molar refractivity (Wildman–Crippen MR) is 71.4 cm³/mol. The summed E-state index contributed by atoms with van der Waals surface area (Å²) < 4.78 is 2.18. The zero-order chi connectivity index (χ0) is 12.5. The van der Waals surface area contributed by atoms with Crippen molar-refractivity contribution >= 4 is 11.0 Å². The normalized spacial score (nSPS) is 19.2. The number of hydrogen-bond acceptors (Lipinski definition) is 4. The van der Waals surface area contributed by atoms with Gasteiger partial charge in [-0.15, -0.1) is 0 Å². The Morgan fingerprint density at radius 2 is 2.11 bits per heavy atom. The number of fused-ring (bicyclic) bond motifs is 1. The van der Waals surface area contributed by atoms with Gasteiger partial charge >= 0.3 is 0 Å². The van der Waals surface area contributed by atoms with Crippen LogP contribution in [0.3, 0.4) is 0 Å². The van der Waals surface area contributed by atoms with Gasteiger partial charge in [0.2, 0.25) is 0 Å². The molecule has 0 aliphatic carbocycles. The minimum atomic E-state index is 0.351. The summed E-state index contributed by atoms with van der Waals surface area (Å²) in [5.74, 6) is 1.12. The molecule has 5 heteroatoms. The van der Waals surface area contributed by atoms with Crippen LogP contribution in [-0.4, -0.2) is 45.6 Å². The Hall–Kier alpha value is -1.46. The fraction of sp³-hybridized carbons (Fsp3) is 0.538. The highest BCUT2D eigenvalue weighted by Crippen LogP contribution is 2.23. The van der Waals surface area contributed by atoms with Gasteiger partial charge in [0.1, 0.15) is 11.3 Å². The molecule has 1 N–H and O–H groups in total. The lowest BCUT2D eigenvalue weighted by Crippen LogP contribution is -2.44. The first-order valence-corrected chi connectivity index (χ1v) is 6.48. The Balaban J connectivity index is 1.95. The topological polar surface area (TPSA) is 46.0 Å². The van der Waals surface area contributed by atoms with Crippen LogP contribution in [-0.2, 0) is 7.05 Å². The molecule has 0 amide bonds. The molecule has 0 bridgehead atoms. The van der Waals surface area contributed by atoms with Crippen molar-refractivity contribution in [1.82, 2.24) is 24.8 Å². The second kappa shape index (κ2) is 4.66. The summed E-state index contributed by atoms with van der Waals surface area (Å²) in [6.07, 6.45) is 3.66. The first kappa shape index (κ1) is 11.6. The molecule has 1 atom stereocenters. The highest BCUT2D eigenvalue weighted by molar-refractivity contribution is 5.74. The Labute approximate surface area is 107 Å². The zero-order valence-corrected chi connectivity index (χ0v) is 10.9. The monoisotopic (exact) mass is 245 g/mol. The molecule has 0 spiro atoms. The number of aryl methyl sites for hydroxylation is 1. The van der Waals surface area contributed by atoms with Gasteiger partial charge in [-0.05, 0) is 13.0 Å². The standard InChI is InChI=1S/C13H19N5/c1-10(18-7-5-14-6-8-18)13-16-11-9-15-4-3-12(11)17(13)2/h3-4,9-10,14H,5-8H2,1-2H3. The maximum Gasteiger partial charge on any atom is 0.126 e. The molecule has 1 saturated heterocycles. The smallest absolute Gasteiger partial charge is 0.126 e. The number of rotatable bonds is 2. The van der Waals surface area contributed by atoms with Crippen LogP contribution in [0.25, 0.3) is 11.0 Å². The fourth-order valence-corrected chi connectivity index (χ4v) is 2.68. The molecule has 0 aromatic carbocycles. The number of nitrogens with one attached hydrogen (secondary N) is 1. The van der Waals surface area contributed by atoms with Crippen LogP contribution in [0.1, 0.15) is 18.8 Å². The lowest BCUT2D eigenvalue weighted by atomic mass is 10.2. The van der Waals surface area contributed by atoms with E-state index in [4.69, 9.17) is 4.98 Å². The first-order valence-electron chi connectivity index (χ1n) is 6.48. The molecule has 0 radical (unpaired) electrons. The Morgan fingerprint density at radius 1 is 1.33 bits per heavy atom. The van der Waals surface area contributed by atoms with Crippen LogP contribution in [0, 0.1) is 0 Å². The van der Waals surface area contributed by atoms with Gasteiger partial charge in [0.15, 0.2) is 0 Å². The van der Waals surface area contributed by atoms with Crippen molar-refractivity contribution in [1.29, 1.82) is 0 Å². The third-order valence-corrected chi connectivity index (χ3v) is 3.79. The molecule has 96 valence electrons. The summed E-state index contributed by atoms with van der Waals surface area (Å²) in [4.78, 5) is 11.3. The molecular weight excluding hydrogens is 226 g/mol. The van der Waals surface area contributed by atoms with Gasteiger partial charge in [-0.25, -0.2) is 4.98 Å². The van der Waals surface area contributed by atoms with E-state index in [0.717, 1.165) is 43.0 Å². The molecule has 3 rings (SSSR count). The van der Waals surface area contributed by atoms with Crippen molar-refractivity contribution in [3.05, 3.63) is 24.3 Å². The van der Waals surface area contributed by atoms with Crippen molar-refractivity contribution in [2.45, 2.75) is 13.0 Å². The minimum Gasteiger partial charge on any atom is -0.330 e. The van der Waals surface area contributed by atoms with E-state index in [-0.39, 0.29) is 0 Å². The van der Waals surface area contributed by atoms with E-state index in [1.807, 2.05) is 18.5 Å². The van der Waals surface area contributed by atoms with Gasteiger partial charge in [0.05, 0.1) is 17.8 Å². The maximum absolute atomic E-state index is 4.73. The van der Waals surface area contributed by atoms with E-state index in [1.165, 1.54) is 0 Å². The van der Waals surface area contributed by atoms with E-state index in [1.54, 1.807) is 0 Å². The van der Waals surface area contributed by atoms with Gasteiger partial charge in [0, 0.05) is 39.4 Å². The molecule has 2 aromatic rings. The number of imidazole rings is 1. The van der Waals surface area contributed by atoms with Crippen LogP contribution in [0.4, 0.5) is 0 Å². The van der Waals surface area contributed by atoms with Gasteiger partial charge in [-0.2, -0.15) is 0 Å². The highest BCUT2D eigenvalue weighted by atomic mass is 15.2. The van der Waals surface area contributed by atoms with Crippen molar-refractivity contribution in [3.8, 4) is 0 Å². The molecule has 2 aromatic heterocycles. The molecule has 5 nitrogen and oxygen atoms in total. The van der Waals surface area contributed by atoms with E-state index in [9.17, 15) is 0 Å². The van der Waals surface area contributed by atoms with Crippen LogP contribution in [0.2, 0.25) is 0 Å². The van der Waals surface area contributed by atoms with E-state index >= 15 is 0 Å². The van der Waals surface area contributed by atoms with Crippen molar-refractivity contribution in [2.75, 3.05) is 26.2 Å². The molecule has 1 aliphatic rings. The Morgan fingerprint density at radius 3 is 2.83 bits per heavy atom. The lowest BCUT2D eigenvalue weighted by molar-refractivity contribution is 0.177. The molecule has 18 heavy (non-hydrogen) atoms. The zero-order valence-electron chi connectivity index (χ0n) is 10.9. The predicted octanol–water partition coefficient (Wildman–Crippen LogP) is 0.934. The van der Waals surface area contributed by atoms with Crippen molar-refractivity contribution in [2.24, 2.45) is 7.05 Å². The highest BCUT2D eigenvalue weighted by Gasteiger charge is 2.22. The SMILES string of the molecule is CC(c1nc2cnccc2n1C)N1CCNCC1. The summed E-state index contributed by atoms with van der Waals surface area (Å²) >= 11 is 0. The first-order chi connectivity index (χ1) is 8.77. The lowest BCUT2D eigenvalue weighted by Gasteiger charge is -2.32. The van der Waals surface area contributed by atoms with Crippen molar-refractivity contribution in [3.63, 3.8) is 0 Å².